The molecule has 1 heterocycles. The zero-order valence-electron chi connectivity index (χ0n) is 11.5. The SMILES string of the molecule is Clc1ccc(CCC(CNC2CC2)c2ccccc2)s1. The van der Waals surface area contributed by atoms with Crippen LogP contribution in [-0.4, -0.2) is 12.6 Å². The Morgan fingerprint density at radius 3 is 2.60 bits per heavy atom. The highest BCUT2D eigenvalue weighted by Crippen LogP contribution is 2.27. The van der Waals surface area contributed by atoms with Crippen LogP contribution >= 0.6 is 22.9 Å². The molecule has 1 saturated carbocycles. The van der Waals surface area contributed by atoms with E-state index in [9.17, 15) is 0 Å². The van der Waals surface area contributed by atoms with E-state index in [-0.39, 0.29) is 0 Å². The van der Waals surface area contributed by atoms with Gasteiger partial charge in [-0.25, -0.2) is 0 Å². The van der Waals surface area contributed by atoms with Crippen molar-refractivity contribution in [3.05, 3.63) is 57.2 Å². The number of rotatable bonds is 7. The lowest BCUT2D eigenvalue weighted by Crippen LogP contribution is -2.23. The van der Waals surface area contributed by atoms with Gasteiger partial charge in [-0.2, -0.15) is 0 Å². The maximum Gasteiger partial charge on any atom is 0.0931 e. The molecule has 1 aromatic carbocycles. The zero-order chi connectivity index (χ0) is 13.8. The number of hydrogen-bond donors (Lipinski definition) is 1. The average Bonchev–Trinajstić information content (AvgIpc) is 3.21. The fourth-order valence-electron chi connectivity index (χ4n) is 2.51. The lowest BCUT2D eigenvalue weighted by Gasteiger charge is -2.18. The summed E-state index contributed by atoms with van der Waals surface area (Å²) in [5.74, 6) is 0.595. The van der Waals surface area contributed by atoms with Crippen molar-refractivity contribution in [3.8, 4) is 0 Å². The van der Waals surface area contributed by atoms with Crippen LogP contribution in [0, 0.1) is 0 Å². The fourth-order valence-corrected chi connectivity index (χ4v) is 3.61. The highest BCUT2D eigenvalue weighted by Gasteiger charge is 2.22. The third kappa shape index (κ3) is 4.08. The first-order valence-corrected chi connectivity index (χ1v) is 8.53. The summed E-state index contributed by atoms with van der Waals surface area (Å²) in [5, 5.41) is 3.67. The van der Waals surface area contributed by atoms with Gasteiger partial charge in [-0.05, 0) is 49.3 Å². The van der Waals surface area contributed by atoms with E-state index in [0.717, 1.165) is 23.3 Å². The molecule has 1 atom stereocenters. The Hall–Kier alpha value is -0.830. The normalized spacial score (nSPS) is 16.2. The second-order valence-electron chi connectivity index (χ2n) is 5.53. The van der Waals surface area contributed by atoms with E-state index in [2.05, 4.69) is 41.7 Å². The minimum Gasteiger partial charge on any atom is -0.313 e. The molecule has 106 valence electrons. The molecule has 0 bridgehead atoms. The Labute approximate surface area is 130 Å². The molecule has 0 spiro atoms. The van der Waals surface area contributed by atoms with Crippen molar-refractivity contribution in [1.82, 2.24) is 5.32 Å². The van der Waals surface area contributed by atoms with E-state index < -0.39 is 0 Å². The quantitative estimate of drug-likeness (QED) is 0.769. The monoisotopic (exact) mass is 305 g/mol. The molecule has 1 aliphatic carbocycles. The Morgan fingerprint density at radius 2 is 1.95 bits per heavy atom. The largest absolute Gasteiger partial charge is 0.313 e. The van der Waals surface area contributed by atoms with Gasteiger partial charge in [0, 0.05) is 17.5 Å². The van der Waals surface area contributed by atoms with Crippen LogP contribution in [0.25, 0.3) is 0 Å². The molecule has 20 heavy (non-hydrogen) atoms. The van der Waals surface area contributed by atoms with Crippen LogP contribution in [0.15, 0.2) is 42.5 Å². The Kier molecular flexibility index (Phi) is 4.77. The molecule has 1 nitrogen and oxygen atoms in total. The van der Waals surface area contributed by atoms with Gasteiger partial charge in [0.2, 0.25) is 0 Å². The van der Waals surface area contributed by atoms with Crippen molar-refractivity contribution in [1.29, 1.82) is 0 Å². The highest BCUT2D eigenvalue weighted by atomic mass is 35.5. The fraction of sp³-hybridized carbons (Fsp3) is 0.412. The third-order valence-electron chi connectivity index (χ3n) is 3.87. The second kappa shape index (κ2) is 6.75. The third-order valence-corrected chi connectivity index (χ3v) is 5.16. The van der Waals surface area contributed by atoms with Crippen molar-refractivity contribution >= 4 is 22.9 Å². The number of benzene rings is 1. The van der Waals surface area contributed by atoms with Gasteiger partial charge in [-0.1, -0.05) is 41.9 Å². The maximum atomic E-state index is 6.01. The van der Waals surface area contributed by atoms with Crippen molar-refractivity contribution < 1.29 is 0 Å². The van der Waals surface area contributed by atoms with Gasteiger partial charge in [-0.3, -0.25) is 0 Å². The highest BCUT2D eigenvalue weighted by molar-refractivity contribution is 7.16. The van der Waals surface area contributed by atoms with E-state index in [1.54, 1.807) is 11.3 Å². The smallest absolute Gasteiger partial charge is 0.0931 e. The molecule has 1 fully saturated rings. The first-order valence-electron chi connectivity index (χ1n) is 7.34. The molecule has 1 aliphatic rings. The number of hydrogen-bond acceptors (Lipinski definition) is 2. The molecular formula is C17H20ClNS. The minimum absolute atomic E-state index is 0.595. The summed E-state index contributed by atoms with van der Waals surface area (Å²) < 4.78 is 0.896. The van der Waals surface area contributed by atoms with E-state index in [1.165, 1.54) is 29.7 Å². The van der Waals surface area contributed by atoms with E-state index in [4.69, 9.17) is 11.6 Å². The topological polar surface area (TPSA) is 12.0 Å². The molecule has 1 N–H and O–H groups in total. The summed E-state index contributed by atoms with van der Waals surface area (Å²) in [6.07, 6.45) is 4.99. The van der Waals surface area contributed by atoms with Gasteiger partial charge in [0.05, 0.1) is 4.34 Å². The molecule has 1 aromatic heterocycles. The molecule has 0 saturated heterocycles. The molecule has 0 amide bonds. The van der Waals surface area contributed by atoms with Gasteiger partial charge >= 0.3 is 0 Å². The standard InChI is InChI=1S/C17H20ClNS/c18-17-11-10-16(20-17)9-6-14(12-19-15-7-8-15)13-4-2-1-3-5-13/h1-5,10-11,14-15,19H,6-9,12H2. The number of halogens is 1. The number of nitrogens with one attached hydrogen (secondary N) is 1. The first-order chi connectivity index (χ1) is 9.81. The predicted molar refractivity (Wildman–Crippen MR) is 87.9 cm³/mol. The van der Waals surface area contributed by atoms with Crippen LogP contribution in [0.5, 0.6) is 0 Å². The molecule has 0 radical (unpaired) electrons. The minimum atomic E-state index is 0.595. The summed E-state index contributed by atoms with van der Waals surface area (Å²) in [5.41, 5.74) is 1.45. The van der Waals surface area contributed by atoms with E-state index in [1.807, 2.05) is 6.07 Å². The van der Waals surface area contributed by atoms with Crippen LogP contribution in [0.2, 0.25) is 4.34 Å². The van der Waals surface area contributed by atoms with Gasteiger partial charge in [-0.15, -0.1) is 11.3 Å². The molecule has 3 heteroatoms. The Balaban J connectivity index is 1.61. The lowest BCUT2D eigenvalue weighted by molar-refractivity contribution is 0.549. The van der Waals surface area contributed by atoms with E-state index >= 15 is 0 Å². The summed E-state index contributed by atoms with van der Waals surface area (Å²) in [6, 6.07) is 15.8. The van der Waals surface area contributed by atoms with Crippen molar-refractivity contribution in [3.63, 3.8) is 0 Å². The number of thiophene rings is 1. The summed E-state index contributed by atoms with van der Waals surface area (Å²) in [4.78, 5) is 1.39. The maximum absolute atomic E-state index is 6.01. The van der Waals surface area contributed by atoms with Gasteiger partial charge in [0.25, 0.3) is 0 Å². The van der Waals surface area contributed by atoms with Gasteiger partial charge in [0.1, 0.15) is 0 Å². The van der Waals surface area contributed by atoms with Crippen LogP contribution in [0.3, 0.4) is 0 Å². The summed E-state index contributed by atoms with van der Waals surface area (Å²) in [6.45, 7) is 1.09. The molecule has 1 unspecified atom stereocenters. The first kappa shape index (κ1) is 14.1. The second-order valence-corrected chi connectivity index (χ2v) is 7.33. The Morgan fingerprint density at radius 1 is 1.15 bits per heavy atom. The van der Waals surface area contributed by atoms with Crippen LogP contribution in [-0.2, 0) is 6.42 Å². The van der Waals surface area contributed by atoms with Crippen molar-refractivity contribution in [2.45, 2.75) is 37.6 Å². The molecule has 2 aromatic rings. The lowest BCUT2D eigenvalue weighted by atomic mass is 9.94. The van der Waals surface area contributed by atoms with E-state index in [0.29, 0.717) is 5.92 Å². The van der Waals surface area contributed by atoms with Gasteiger partial charge < -0.3 is 5.32 Å². The predicted octanol–water partition coefficient (Wildman–Crippen LogP) is 4.87. The Bertz CT molecular complexity index is 533. The summed E-state index contributed by atoms with van der Waals surface area (Å²) in [7, 11) is 0. The molecular weight excluding hydrogens is 286 g/mol. The average molecular weight is 306 g/mol. The van der Waals surface area contributed by atoms with Gasteiger partial charge in [0.15, 0.2) is 0 Å². The van der Waals surface area contributed by atoms with Crippen LogP contribution in [0.1, 0.15) is 35.6 Å². The van der Waals surface area contributed by atoms with Crippen molar-refractivity contribution in [2.75, 3.05) is 6.54 Å². The van der Waals surface area contributed by atoms with Crippen LogP contribution < -0.4 is 5.32 Å². The number of aryl methyl sites for hydroxylation is 1. The zero-order valence-corrected chi connectivity index (χ0v) is 13.1. The van der Waals surface area contributed by atoms with Crippen molar-refractivity contribution in [2.24, 2.45) is 0 Å². The summed E-state index contributed by atoms with van der Waals surface area (Å²) >= 11 is 7.72. The molecule has 3 rings (SSSR count). The molecule has 0 aliphatic heterocycles. The van der Waals surface area contributed by atoms with Crippen LogP contribution in [0.4, 0.5) is 0 Å².